The zero-order chi connectivity index (χ0) is 8.55. The molecule has 0 amide bonds. The molecule has 2 aromatic rings. The minimum atomic E-state index is 0.923. The van der Waals surface area contributed by atoms with Gasteiger partial charge >= 0.3 is 0 Å². The second kappa shape index (κ2) is 2.79. The molecule has 0 saturated carbocycles. The summed E-state index contributed by atoms with van der Waals surface area (Å²) in [7, 11) is 0. The fourth-order valence-corrected chi connectivity index (χ4v) is 2.21. The van der Waals surface area contributed by atoms with Gasteiger partial charge in [0.15, 0.2) is 0 Å². The molecule has 0 N–H and O–H groups in total. The number of hydrogen-bond donors (Lipinski definition) is 0. The number of thiophene rings is 1. The van der Waals surface area contributed by atoms with Crippen molar-refractivity contribution in [1.82, 2.24) is 15.4 Å². The van der Waals surface area contributed by atoms with E-state index in [1.165, 1.54) is 10.3 Å². The van der Waals surface area contributed by atoms with Crippen LogP contribution in [0.3, 0.4) is 0 Å². The zero-order valence-corrected chi connectivity index (χ0v) is 7.85. The summed E-state index contributed by atoms with van der Waals surface area (Å²) in [6.45, 7) is 4.13. The Bertz CT molecular complexity index is 408. The molecule has 0 bridgehead atoms. The Morgan fingerprint density at radius 3 is 3.00 bits per heavy atom. The number of rotatable bonds is 1. The molecular formula is C8H9N3S. The van der Waals surface area contributed by atoms with Gasteiger partial charge in [-0.15, -0.1) is 21.5 Å². The third-order valence-corrected chi connectivity index (χ3v) is 2.99. The summed E-state index contributed by atoms with van der Waals surface area (Å²) in [5.41, 5.74) is 3.25. The molecule has 0 aliphatic heterocycles. The van der Waals surface area contributed by atoms with Crippen molar-refractivity contribution in [3.63, 3.8) is 0 Å². The molecule has 12 heavy (non-hydrogen) atoms. The average molecular weight is 179 g/mol. The molecular weight excluding hydrogens is 170 g/mol. The summed E-state index contributed by atoms with van der Waals surface area (Å²) < 4.78 is 1.19. The molecule has 0 aromatic carbocycles. The van der Waals surface area contributed by atoms with E-state index in [0.29, 0.717) is 0 Å². The molecule has 2 rings (SSSR count). The van der Waals surface area contributed by atoms with Gasteiger partial charge in [0.25, 0.3) is 0 Å². The van der Waals surface area contributed by atoms with Crippen LogP contribution in [0, 0.1) is 6.92 Å². The summed E-state index contributed by atoms with van der Waals surface area (Å²) >= 11 is 1.70. The maximum atomic E-state index is 4.00. The lowest BCUT2D eigenvalue weighted by atomic mass is 10.2. The maximum Gasteiger partial charge on any atom is 0.110 e. The SMILES string of the molecule is CCc1nnnc2c(C)csc12. The molecule has 0 fully saturated rings. The van der Waals surface area contributed by atoms with E-state index < -0.39 is 0 Å². The molecule has 4 heteroatoms. The lowest BCUT2D eigenvalue weighted by Crippen LogP contribution is -1.93. The largest absolute Gasteiger partial charge is 0.140 e. The molecule has 0 unspecified atom stereocenters. The van der Waals surface area contributed by atoms with Crippen LogP contribution in [0.5, 0.6) is 0 Å². The minimum absolute atomic E-state index is 0.923. The fourth-order valence-electron chi connectivity index (χ4n) is 1.16. The predicted octanol–water partition coefficient (Wildman–Crippen LogP) is 1.96. The maximum absolute atomic E-state index is 4.00. The van der Waals surface area contributed by atoms with Crippen LogP contribution in [0.2, 0.25) is 0 Å². The second-order valence-corrected chi connectivity index (χ2v) is 3.57. The molecule has 3 nitrogen and oxygen atoms in total. The van der Waals surface area contributed by atoms with Crippen molar-refractivity contribution >= 4 is 21.6 Å². The topological polar surface area (TPSA) is 38.7 Å². The summed E-state index contributed by atoms with van der Waals surface area (Å²) in [6, 6.07) is 0. The molecule has 62 valence electrons. The highest BCUT2D eigenvalue weighted by Crippen LogP contribution is 2.24. The van der Waals surface area contributed by atoms with Crippen LogP contribution in [0.1, 0.15) is 18.2 Å². The van der Waals surface area contributed by atoms with Crippen molar-refractivity contribution in [3.05, 3.63) is 16.6 Å². The minimum Gasteiger partial charge on any atom is -0.140 e. The summed E-state index contributed by atoms with van der Waals surface area (Å²) in [6.07, 6.45) is 0.923. The van der Waals surface area contributed by atoms with E-state index in [1.54, 1.807) is 11.3 Å². The Balaban J connectivity index is 2.81. The number of aryl methyl sites for hydroxylation is 2. The Labute approximate surface area is 74.4 Å². The Kier molecular flexibility index (Phi) is 1.77. The molecule has 0 saturated heterocycles. The van der Waals surface area contributed by atoms with Gasteiger partial charge in [-0.2, -0.15) is 0 Å². The Hall–Kier alpha value is -1.03. The Morgan fingerprint density at radius 2 is 2.25 bits per heavy atom. The van der Waals surface area contributed by atoms with Gasteiger partial charge in [0, 0.05) is 0 Å². The molecule has 0 aliphatic rings. The van der Waals surface area contributed by atoms with Crippen molar-refractivity contribution < 1.29 is 0 Å². The Morgan fingerprint density at radius 1 is 1.42 bits per heavy atom. The third kappa shape index (κ3) is 0.992. The van der Waals surface area contributed by atoms with E-state index in [0.717, 1.165) is 17.6 Å². The van der Waals surface area contributed by atoms with Crippen LogP contribution in [0.15, 0.2) is 5.38 Å². The lowest BCUT2D eigenvalue weighted by Gasteiger charge is -1.93. The van der Waals surface area contributed by atoms with Gasteiger partial charge in [0.05, 0.1) is 10.4 Å². The smallest absolute Gasteiger partial charge is 0.110 e. The van der Waals surface area contributed by atoms with Gasteiger partial charge in [0.2, 0.25) is 0 Å². The second-order valence-electron chi connectivity index (χ2n) is 2.69. The van der Waals surface area contributed by atoms with Gasteiger partial charge in [-0.1, -0.05) is 6.92 Å². The van der Waals surface area contributed by atoms with E-state index in [1.807, 2.05) is 6.92 Å². The zero-order valence-electron chi connectivity index (χ0n) is 7.03. The fraction of sp³-hybridized carbons (Fsp3) is 0.375. The van der Waals surface area contributed by atoms with Gasteiger partial charge in [-0.25, -0.2) is 0 Å². The number of aromatic nitrogens is 3. The van der Waals surface area contributed by atoms with Crippen molar-refractivity contribution in [1.29, 1.82) is 0 Å². The van der Waals surface area contributed by atoms with E-state index in [4.69, 9.17) is 0 Å². The van der Waals surface area contributed by atoms with E-state index in [2.05, 4.69) is 27.7 Å². The molecule has 0 radical (unpaired) electrons. The molecule has 2 heterocycles. The van der Waals surface area contributed by atoms with Crippen LogP contribution >= 0.6 is 11.3 Å². The first-order valence-corrected chi connectivity index (χ1v) is 4.77. The van der Waals surface area contributed by atoms with Crippen molar-refractivity contribution in [2.24, 2.45) is 0 Å². The van der Waals surface area contributed by atoms with Gasteiger partial charge in [0.1, 0.15) is 5.52 Å². The van der Waals surface area contributed by atoms with Crippen LogP contribution < -0.4 is 0 Å². The third-order valence-electron chi connectivity index (χ3n) is 1.85. The number of nitrogens with zero attached hydrogens (tertiary/aromatic N) is 3. The first kappa shape index (κ1) is 7.61. The predicted molar refractivity (Wildman–Crippen MR) is 49.3 cm³/mol. The average Bonchev–Trinajstić information content (AvgIpc) is 2.48. The van der Waals surface area contributed by atoms with Crippen molar-refractivity contribution in [3.8, 4) is 0 Å². The van der Waals surface area contributed by atoms with Crippen LogP contribution in [0.4, 0.5) is 0 Å². The van der Waals surface area contributed by atoms with E-state index >= 15 is 0 Å². The monoisotopic (exact) mass is 179 g/mol. The highest BCUT2D eigenvalue weighted by molar-refractivity contribution is 7.17. The molecule has 0 spiro atoms. The summed E-state index contributed by atoms with van der Waals surface area (Å²) in [5, 5.41) is 13.8. The molecule has 2 aromatic heterocycles. The van der Waals surface area contributed by atoms with Crippen LogP contribution in [-0.4, -0.2) is 15.4 Å². The number of hydrogen-bond acceptors (Lipinski definition) is 4. The quantitative estimate of drug-likeness (QED) is 0.671. The normalized spacial score (nSPS) is 10.8. The van der Waals surface area contributed by atoms with Gasteiger partial charge < -0.3 is 0 Å². The van der Waals surface area contributed by atoms with Crippen LogP contribution in [0.25, 0.3) is 10.2 Å². The summed E-state index contributed by atoms with van der Waals surface area (Å²) in [4.78, 5) is 0. The highest BCUT2D eigenvalue weighted by Gasteiger charge is 2.06. The first-order valence-electron chi connectivity index (χ1n) is 3.89. The van der Waals surface area contributed by atoms with Crippen LogP contribution in [-0.2, 0) is 6.42 Å². The first-order chi connectivity index (χ1) is 5.83. The highest BCUT2D eigenvalue weighted by atomic mass is 32.1. The van der Waals surface area contributed by atoms with Crippen molar-refractivity contribution in [2.45, 2.75) is 20.3 Å². The van der Waals surface area contributed by atoms with Crippen molar-refractivity contribution in [2.75, 3.05) is 0 Å². The van der Waals surface area contributed by atoms with E-state index in [9.17, 15) is 0 Å². The standard InChI is InChI=1S/C8H9N3S/c1-3-6-8-7(10-11-9-6)5(2)4-12-8/h4H,3H2,1-2H3. The molecule has 0 atom stereocenters. The summed E-state index contributed by atoms with van der Waals surface area (Å²) in [5.74, 6) is 0. The van der Waals surface area contributed by atoms with Gasteiger partial charge in [-0.3, -0.25) is 0 Å². The number of fused-ring (bicyclic) bond motifs is 1. The van der Waals surface area contributed by atoms with E-state index in [-0.39, 0.29) is 0 Å². The van der Waals surface area contributed by atoms with Gasteiger partial charge in [-0.05, 0) is 29.5 Å². The molecule has 0 aliphatic carbocycles. The lowest BCUT2D eigenvalue weighted by molar-refractivity contribution is 0.844.